The zero-order valence-electron chi connectivity index (χ0n) is 57.6. The second-order valence-electron chi connectivity index (χ2n) is 25.4. The van der Waals surface area contributed by atoms with Crippen molar-refractivity contribution in [2.45, 2.75) is 10.8 Å². The number of aromatic nitrogens is 2. The summed E-state index contributed by atoms with van der Waals surface area (Å²) in [6.45, 7) is 6.98. The van der Waals surface area contributed by atoms with Crippen molar-refractivity contribution in [3.8, 4) is 61.4 Å². The van der Waals surface area contributed by atoms with E-state index in [0.717, 1.165) is 45.8 Å². The third-order valence-corrected chi connectivity index (χ3v) is 19.4. The number of nitrogens with one attached hydrogen (secondary N) is 4. The Hall–Kier alpha value is -13.7. The molecule has 3 aliphatic rings. The van der Waals surface area contributed by atoms with Gasteiger partial charge in [0.1, 0.15) is 23.2 Å². The van der Waals surface area contributed by atoms with Crippen molar-refractivity contribution in [3.05, 3.63) is 445 Å². The van der Waals surface area contributed by atoms with Gasteiger partial charge in [-0.3, -0.25) is 0 Å². The molecule has 0 saturated heterocycles. The number of anilines is 7. The summed E-state index contributed by atoms with van der Waals surface area (Å²) in [7, 11) is 1.65. The van der Waals surface area contributed by atoms with E-state index in [0.29, 0.717) is 5.82 Å². The maximum atomic E-state index is 5.08. The van der Waals surface area contributed by atoms with Gasteiger partial charge >= 0.3 is 0 Å². The first-order chi connectivity index (χ1) is 51.4. The van der Waals surface area contributed by atoms with Gasteiger partial charge in [-0.2, -0.15) is 0 Å². The van der Waals surface area contributed by atoms with Gasteiger partial charge in [0, 0.05) is 40.8 Å². The molecular weight excluding hydrogens is 1270 g/mol. The van der Waals surface area contributed by atoms with Crippen LogP contribution in [0.25, 0.3) is 55.6 Å². The van der Waals surface area contributed by atoms with Crippen molar-refractivity contribution >= 4 is 46.8 Å². The molecule has 2 heterocycles. The van der Waals surface area contributed by atoms with E-state index in [9.17, 15) is 0 Å². The Morgan fingerprint density at radius 3 is 1.07 bits per heavy atom. The first-order valence-corrected chi connectivity index (χ1v) is 34.9. The van der Waals surface area contributed by atoms with Crippen LogP contribution in [0.4, 0.5) is 40.1 Å². The highest BCUT2D eigenvalue weighted by Crippen LogP contribution is 2.63. The van der Waals surface area contributed by atoms with Crippen LogP contribution in [0.2, 0.25) is 0 Å². The number of nitrogens with zero attached hydrogens (tertiary/aromatic N) is 3. The van der Waals surface area contributed by atoms with Gasteiger partial charge in [-0.15, -0.1) is 0 Å². The highest BCUT2D eigenvalue weighted by molar-refractivity contribution is 5.96. The monoisotopic (exact) mass is 1340 g/mol. The molecule has 2 aromatic heterocycles. The SMILES string of the molecule is C=C/C=C(\N=C)Nc1ccccn1.COc1ccc(Nc2ccccn2)cc1.c1ccc(-c2ccc(Nc3ccc4c(c3)C(c3ccccc3)(c3ccccc3)c3ccccc3-4)cc2)cc1.c1ccc(-c2ccc(Nc3ccc4c(c3)C3(c5ccccc5-c5ccccc53)c3ccccc3-4)cc2)cc1. The fraction of sp³-hybridized carbons (Fsp3) is 0.0312. The summed E-state index contributed by atoms with van der Waals surface area (Å²) in [4.78, 5) is 12.0. The number of benzene rings is 13. The van der Waals surface area contributed by atoms with Gasteiger partial charge in [-0.1, -0.05) is 280 Å². The number of hydrogen-bond acceptors (Lipinski definition) is 8. The van der Waals surface area contributed by atoms with Gasteiger partial charge < -0.3 is 26.0 Å². The van der Waals surface area contributed by atoms with Crippen molar-refractivity contribution in [1.29, 1.82) is 0 Å². The van der Waals surface area contributed by atoms with Crippen LogP contribution in [0.3, 0.4) is 0 Å². The number of allylic oxidation sites excluding steroid dienone is 2. The summed E-state index contributed by atoms with van der Waals surface area (Å²) in [6, 6.07) is 129. The van der Waals surface area contributed by atoms with Gasteiger partial charge in [0.2, 0.25) is 0 Å². The van der Waals surface area contributed by atoms with Crippen molar-refractivity contribution in [2.24, 2.45) is 4.99 Å². The highest BCUT2D eigenvalue weighted by Gasteiger charge is 2.52. The molecule has 104 heavy (non-hydrogen) atoms. The van der Waals surface area contributed by atoms with E-state index in [1.54, 1.807) is 31.7 Å². The molecule has 18 rings (SSSR count). The van der Waals surface area contributed by atoms with Gasteiger partial charge in [-0.05, 0) is 210 Å². The van der Waals surface area contributed by atoms with Crippen molar-refractivity contribution in [2.75, 3.05) is 28.4 Å². The summed E-state index contributed by atoms with van der Waals surface area (Å²) in [5.41, 5.74) is 28.1. The van der Waals surface area contributed by atoms with Crippen LogP contribution < -0.4 is 26.0 Å². The van der Waals surface area contributed by atoms with Crippen LogP contribution in [-0.4, -0.2) is 23.8 Å². The Labute approximate surface area is 608 Å². The van der Waals surface area contributed by atoms with Crippen LogP contribution in [-0.2, 0) is 10.8 Å². The van der Waals surface area contributed by atoms with E-state index in [1.807, 2.05) is 60.7 Å². The maximum Gasteiger partial charge on any atom is 0.131 e. The summed E-state index contributed by atoms with van der Waals surface area (Å²) in [5, 5.41) is 13.5. The van der Waals surface area contributed by atoms with Gasteiger partial charge in [0.05, 0.1) is 17.9 Å². The quantitative estimate of drug-likeness (QED) is 0.0600. The smallest absolute Gasteiger partial charge is 0.131 e. The lowest BCUT2D eigenvalue weighted by Crippen LogP contribution is -2.28. The van der Waals surface area contributed by atoms with Gasteiger partial charge in [-0.25, -0.2) is 15.0 Å². The minimum absolute atomic E-state index is 0.312. The van der Waals surface area contributed by atoms with Gasteiger partial charge in [0.25, 0.3) is 0 Å². The number of rotatable bonds is 15. The topological polar surface area (TPSA) is 95.5 Å². The molecule has 1 spiro atoms. The second kappa shape index (κ2) is 30.4. The Kier molecular flexibility index (Phi) is 19.4. The minimum atomic E-state index is -0.386. The van der Waals surface area contributed by atoms with Crippen LogP contribution in [0, 0.1) is 0 Å². The fourth-order valence-electron chi connectivity index (χ4n) is 14.9. The number of pyridine rings is 2. The molecule has 0 unspecified atom stereocenters. The van der Waals surface area contributed by atoms with E-state index in [2.05, 4.69) is 353 Å². The Morgan fingerprint density at radius 1 is 0.327 bits per heavy atom. The molecule has 0 atom stereocenters. The molecule has 500 valence electrons. The van der Waals surface area contributed by atoms with Crippen LogP contribution in [0.5, 0.6) is 5.75 Å². The maximum absolute atomic E-state index is 5.08. The predicted octanol–water partition coefficient (Wildman–Crippen LogP) is 24.0. The van der Waals surface area contributed by atoms with E-state index in [-0.39, 0.29) is 10.8 Å². The third kappa shape index (κ3) is 13.3. The molecule has 3 aliphatic carbocycles. The summed E-state index contributed by atoms with van der Waals surface area (Å²) >= 11 is 0. The van der Waals surface area contributed by atoms with Crippen molar-refractivity contribution in [1.82, 2.24) is 9.97 Å². The zero-order chi connectivity index (χ0) is 70.5. The summed E-state index contributed by atoms with van der Waals surface area (Å²) < 4.78 is 5.08. The summed E-state index contributed by atoms with van der Waals surface area (Å²) in [5.74, 6) is 3.06. The lowest BCUT2D eigenvalue weighted by molar-refractivity contribution is 0.415. The van der Waals surface area contributed by atoms with Crippen LogP contribution in [0.15, 0.2) is 406 Å². The molecule has 0 aliphatic heterocycles. The number of hydrogen-bond donors (Lipinski definition) is 4. The third-order valence-electron chi connectivity index (χ3n) is 19.4. The molecule has 0 saturated carbocycles. The normalized spacial score (nSPS) is 12.4. The highest BCUT2D eigenvalue weighted by atomic mass is 16.5. The summed E-state index contributed by atoms with van der Waals surface area (Å²) in [6.07, 6.45) is 6.82. The first kappa shape index (κ1) is 66.2. The number of aliphatic imine (C=N–C) groups is 1. The molecule has 0 amide bonds. The molecule has 0 fully saturated rings. The van der Waals surface area contributed by atoms with Crippen molar-refractivity contribution < 1.29 is 4.74 Å². The molecule has 8 heteroatoms. The molecule has 8 nitrogen and oxygen atoms in total. The average molecular weight is 1340 g/mol. The molecule has 4 N–H and O–H groups in total. The minimum Gasteiger partial charge on any atom is -0.497 e. The van der Waals surface area contributed by atoms with Crippen LogP contribution >= 0.6 is 0 Å². The average Bonchev–Trinajstić information content (AvgIpc) is 1.51. The molecule has 13 aromatic carbocycles. The number of ether oxygens (including phenoxy) is 1. The number of fused-ring (bicyclic) bond motifs is 13. The molecule has 0 radical (unpaired) electrons. The van der Waals surface area contributed by atoms with E-state index < -0.39 is 0 Å². The largest absolute Gasteiger partial charge is 0.497 e. The Bertz CT molecular complexity index is 5190. The Morgan fingerprint density at radius 2 is 0.663 bits per heavy atom. The second-order valence-corrected chi connectivity index (χ2v) is 25.4. The van der Waals surface area contributed by atoms with E-state index >= 15 is 0 Å². The molecule has 15 aromatic rings. The molecule has 0 bridgehead atoms. The standard InChI is InChI=1S/C37H25N.C37H27N.C12H12N2O.C10H11N3/c1-2-10-25(11-3-1)26-18-20-27(21-19-26)38-28-22-23-32-31-14-6-9-17-35(31)37(36(32)24-28)33-15-7-4-12-29(33)30-13-5-8-16-34(30)37;1-4-12-27(13-5-1)28-20-22-31(23-21-28)38-32-24-25-34-33-18-10-11-19-35(33)37(36(34)26-32,29-14-6-2-7-15-29)30-16-8-3-9-17-30;1-15-11-7-5-10(6-8-11)14-12-4-2-3-9-13-12;1-3-6-9(11-2)13-10-7-4-5-8-12-10/h1-24,38H;1-26,38H;2-9H,1H3,(H,13,14);3-8H,1-2H2,(H,12,13)/b;;;9-6+. The van der Waals surface area contributed by atoms with E-state index in [1.165, 1.54) is 100 Å². The van der Waals surface area contributed by atoms with Crippen LogP contribution in [0.1, 0.15) is 44.5 Å². The fourth-order valence-corrected chi connectivity index (χ4v) is 14.9. The molecular formula is C96H75N7O. The lowest BCUT2D eigenvalue weighted by Gasteiger charge is -2.34. The van der Waals surface area contributed by atoms with Gasteiger partial charge in [0.15, 0.2) is 0 Å². The first-order valence-electron chi connectivity index (χ1n) is 34.9. The van der Waals surface area contributed by atoms with E-state index in [4.69, 9.17) is 4.74 Å². The zero-order valence-corrected chi connectivity index (χ0v) is 57.6. The lowest BCUT2D eigenvalue weighted by atomic mass is 9.67. The Balaban J connectivity index is 0.000000123. The predicted molar refractivity (Wildman–Crippen MR) is 433 cm³/mol. The van der Waals surface area contributed by atoms with Crippen molar-refractivity contribution in [3.63, 3.8) is 0 Å². The number of methoxy groups -OCH3 is 1.